The van der Waals surface area contributed by atoms with E-state index in [9.17, 15) is 0 Å². The molecule has 0 aliphatic carbocycles. The third-order valence-corrected chi connectivity index (χ3v) is 3.76. The Balaban J connectivity index is 1.69. The van der Waals surface area contributed by atoms with Crippen LogP contribution in [0.1, 0.15) is 0 Å². The molecule has 130 valence electrons. The molecule has 9 nitrogen and oxygen atoms in total. The average molecular weight is 370 g/mol. The second-order valence-electron chi connectivity index (χ2n) is 5.25. The predicted octanol–water partition coefficient (Wildman–Crippen LogP) is 3.19. The van der Waals surface area contributed by atoms with Crippen molar-refractivity contribution >= 4 is 29.2 Å². The van der Waals surface area contributed by atoms with Gasteiger partial charge < -0.3 is 19.6 Å². The van der Waals surface area contributed by atoms with Gasteiger partial charge in [-0.3, -0.25) is 0 Å². The van der Waals surface area contributed by atoms with Crippen molar-refractivity contribution in [3.63, 3.8) is 0 Å². The quantitative estimate of drug-likeness (QED) is 0.578. The van der Waals surface area contributed by atoms with Gasteiger partial charge in [-0.25, -0.2) is 0 Å². The third kappa shape index (κ3) is 3.07. The van der Waals surface area contributed by atoms with Gasteiger partial charge in [0.1, 0.15) is 0 Å². The Kier molecular flexibility index (Phi) is 3.98. The first kappa shape index (κ1) is 16.0. The summed E-state index contributed by atoms with van der Waals surface area (Å²) in [5.41, 5.74) is 6.65. The molecular weight excluding hydrogens is 358 g/mol. The molecule has 0 unspecified atom stereocenters. The van der Waals surface area contributed by atoms with Crippen LogP contribution >= 0.6 is 11.6 Å². The monoisotopic (exact) mass is 369 g/mol. The van der Waals surface area contributed by atoms with Gasteiger partial charge in [-0.1, -0.05) is 16.8 Å². The second-order valence-corrected chi connectivity index (χ2v) is 5.69. The van der Waals surface area contributed by atoms with E-state index in [0.29, 0.717) is 16.7 Å². The Morgan fingerprint density at radius 2 is 1.81 bits per heavy atom. The molecule has 0 radical (unpaired) electrons. The minimum absolute atomic E-state index is 0.0372. The van der Waals surface area contributed by atoms with Crippen LogP contribution in [0.2, 0.25) is 5.02 Å². The summed E-state index contributed by atoms with van der Waals surface area (Å²) in [5, 5.41) is 4.51. The number of halogens is 1. The zero-order chi connectivity index (χ0) is 18.1. The van der Waals surface area contributed by atoms with Crippen LogP contribution in [0.3, 0.4) is 0 Å². The van der Waals surface area contributed by atoms with E-state index in [1.807, 2.05) is 12.1 Å². The van der Waals surface area contributed by atoms with Gasteiger partial charge >= 0.3 is 0 Å². The number of nitrogen functional groups attached to an aromatic ring is 1. The largest absolute Gasteiger partial charge is 0.459 e. The Bertz CT molecular complexity index is 1030. The summed E-state index contributed by atoms with van der Waals surface area (Å²) in [6, 6.07) is 10.6. The maximum Gasteiger partial charge on any atom is 0.294 e. The molecule has 0 aliphatic heterocycles. The van der Waals surface area contributed by atoms with Crippen LogP contribution in [0.15, 0.2) is 51.6 Å². The summed E-state index contributed by atoms with van der Waals surface area (Å²) in [7, 11) is 1.80. The van der Waals surface area contributed by atoms with Crippen molar-refractivity contribution in [2.24, 2.45) is 0 Å². The highest BCUT2D eigenvalue weighted by Gasteiger charge is 2.18. The molecule has 0 amide bonds. The highest BCUT2D eigenvalue weighted by Crippen LogP contribution is 2.25. The smallest absolute Gasteiger partial charge is 0.294 e. The van der Waals surface area contributed by atoms with Crippen molar-refractivity contribution in [2.45, 2.75) is 0 Å². The maximum atomic E-state index is 5.92. The molecular formula is C16H12ClN7O2. The Hall–Kier alpha value is -3.46. The number of anilines is 3. The fraction of sp³-hybridized carbons (Fsp3) is 0.0625. The molecule has 3 aromatic heterocycles. The van der Waals surface area contributed by atoms with Crippen LogP contribution < -0.4 is 10.6 Å². The summed E-state index contributed by atoms with van der Waals surface area (Å²) >= 11 is 5.92. The zero-order valence-electron chi connectivity index (χ0n) is 13.5. The fourth-order valence-corrected chi connectivity index (χ4v) is 2.35. The number of benzene rings is 1. The van der Waals surface area contributed by atoms with E-state index in [4.69, 9.17) is 26.3 Å². The molecule has 10 heteroatoms. The third-order valence-electron chi connectivity index (χ3n) is 3.51. The van der Waals surface area contributed by atoms with Gasteiger partial charge in [0, 0.05) is 17.8 Å². The highest BCUT2D eigenvalue weighted by atomic mass is 35.5. The van der Waals surface area contributed by atoms with Crippen molar-refractivity contribution in [1.82, 2.24) is 25.1 Å². The van der Waals surface area contributed by atoms with E-state index in [1.165, 1.54) is 6.26 Å². The summed E-state index contributed by atoms with van der Waals surface area (Å²) in [4.78, 5) is 18.6. The zero-order valence-corrected chi connectivity index (χ0v) is 14.3. The summed E-state index contributed by atoms with van der Waals surface area (Å²) in [6.45, 7) is 0. The lowest BCUT2D eigenvalue weighted by molar-refractivity contribution is 0.416. The molecule has 0 fully saturated rings. The number of nitrogens with two attached hydrogens (primary N) is 1. The van der Waals surface area contributed by atoms with Gasteiger partial charge in [-0.05, 0) is 36.4 Å². The number of aromatic nitrogens is 5. The van der Waals surface area contributed by atoms with Crippen LogP contribution in [0, 0.1) is 0 Å². The van der Waals surface area contributed by atoms with Gasteiger partial charge in [-0.15, -0.1) is 0 Å². The van der Waals surface area contributed by atoms with Crippen molar-refractivity contribution in [1.29, 1.82) is 0 Å². The summed E-state index contributed by atoms with van der Waals surface area (Å²) < 4.78 is 10.4. The van der Waals surface area contributed by atoms with E-state index in [0.717, 1.165) is 5.69 Å². The number of furan rings is 1. The molecule has 2 N–H and O–H groups in total. The van der Waals surface area contributed by atoms with Gasteiger partial charge in [0.25, 0.3) is 5.89 Å². The normalized spacial score (nSPS) is 10.8. The molecule has 0 saturated carbocycles. The van der Waals surface area contributed by atoms with Crippen LogP contribution in [-0.4, -0.2) is 32.1 Å². The van der Waals surface area contributed by atoms with Crippen LogP contribution in [-0.2, 0) is 0 Å². The minimum Gasteiger partial charge on any atom is -0.459 e. The molecule has 0 aliphatic rings. The standard InChI is InChI=1S/C16H12ClN7O2/c1-24(10-6-4-9(17)5-7-10)16-21-12(20-15(18)22-16)13-19-14(26-23-13)11-3-2-8-25-11/h2-8H,1H3,(H2,18,20,21,22). The minimum atomic E-state index is 0.0372. The SMILES string of the molecule is CN(c1ccc(Cl)cc1)c1nc(N)nc(-c2noc(-c3ccco3)n2)n1. The van der Waals surface area contributed by atoms with E-state index in [2.05, 4.69) is 25.1 Å². The van der Waals surface area contributed by atoms with E-state index >= 15 is 0 Å². The first-order chi connectivity index (χ1) is 12.6. The maximum absolute atomic E-state index is 5.92. The van der Waals surface area contributed by atoms with E-state index in [-0.39, 0.29) is 23.5 Å². The van der Waals surface area contributed by atoms with Crippen LogP contribution in [0.4, 0.5) is 17.6 Å². The highest BCUT2D eigenvalue weighted by molar-refractivity contribution is 6.30. The first-order valence-electron chi connectivity index (χ1n) is 7.49. The molecule has 3 heterocycles. The van der Waals surface area contributed by atoms with Gasteiger partial charge in [0.15, 0.2) is 5.76 Å². The van der Waals surface area contributed by atoms with Crippen molar-refractivity contribution in [3.8, 4) is 23.3 Å². The van der Waals surface area contributed by atoms with E-state index in [1.54, 1.807) is 36.2 Å². The lowest BCUT2D eigenvalue weighted by Crippen LogP contribution is -2.15. The topological polar surface area (TPSA) is 120 Å². The molecule has 0 atom stereocenters. The lowest BCUT2D eigenvalue weighted by atomic mass is 10.3. The van der Waals surface area contributed by atoms with Gasteiger partial charge in [0.2, 0.25) is 23.5 Å². The summed E-state index contributed by atoms with van der Waals surface area (Å²) in [5.74, 6) is 1.40. The van der Waals surface area contributed by atoms with Crippen molar-refractivity contribution < 1.29 is 8.94 Å². The second kappa shape index (κ2) is 6.45. The average Bonchev–Trinajstić information content (AvgIpc) is 3.32. The number of hydrogen-bond donors (Lipinski definition) is 1. The van der Waals surface area contributed by atoms with Crippen molar-refractivity contribution in [2.75, 3.05) is 17.7 Å². The summed E-state index contributed by atoms with van der Waals surface area (Å²) in [6.07, 6.45) is 1.51. The number of hydrogen-bond acceptors (Lipinski definition) is 9. The van der Waals surface area contributed by atoms with Gasteiger partial charge in [0.05, 0.1) is 6.26 Å². The number of nitrogens with zero attached hydrogens (tertiary/aromatic N) is 6. The number of rotatable bonds is 4. The molecule has 0 bridgehead atoms. The molecule has 26 heavy (non-hydrogen) atoms. The molecule has 1 aromatic carbocycles. The predicted molar refractivity (Wildman–Crippen MR) is 94.7 cm³/mol. The molecule has 0 saturated heterocycles. The molecule has 4 aromatic rings. The fourth-order valence-electron chi connectivity index (χ4n) is 2.23. The Morgan fingerprint density at radius 1 is 1.00 bits per heavy atom. The van der Waals surface area contributed by atoms with Crippen LogP contribution in [0.25, 0.3) is 23.3 Å². The molecule has 4 rings (SSSR count). The van der Waals surface area contributed by atoms with Crippen molar-refractivity contribution in [3.05, 3.63) is 47.7 Å². The first-order valence-corrected chi connectivity index (χ1v) is 7.87. The Morgan fingerprint density at radius 3 is 2.54 bits per heavy atom. The van der Waals surface area contributed by atoms with Crippen LogP contribution in [0.5, 0.6) is 0 Å². The lowest BCUT2D eigenvalue weighted by Gasteiger charge is -2.17. The van der Waals surface area contributed by atoms with Gasteiger partial charge in [-0.2, -0.15) is 19.9 Å². The molecule has 0 spiro atoms. The van der Waals surface area contributed by atoms with E-state index < -0.39 is 0 Å². The Labute approximate surface area is 152 Å².